The summed E-state index contributed by atoms with van der Waals surface area (Å²) >= 11 is 5.90. The van der Waals surface area contributed by atoms with Crippen LogP contribution in [0.1, 0.15) is 18.1 Å². The highest BCUT2D eigenvalue weighted by atomic mass is 35.5. The fraction of sp³-hybridized carbons (Fsp3) is 0.167. The summed E-state index contributed by atoms with van der Waals surface area (Å²) in [6, 6.07) is 8.69. The molecule has 2 N–H and O–H groups in total. The summed E-state index contributed by atoms with van der Waals surface area (Å²) < 4.78 is 43.4. The van der Waals surface area contributed by atoms with Crippen molar-refractivity contribution in [3.63, 3.8) is 0 Å². The molecule has 2 amide bonds. The van der Waals surface area contributed by atoms with Crippen LogP contribution in [0.4, 0.5) is 18.9 Å². The molecule has 0 bridgehead atoms. The van der Waals surface area contributed by atoms with Gasteiger partial charge < -0.3 is 10.1 Å². The zero-order chi connectivity index (χ0) is 20.7. The molecule has 0 fully saturated rings. The predicted molar refractivity (Wildman–Crippen MR) is 98.4 cm³/mol. The highest BCUT2D eigenvalue weighted by molar-refractivity contribution is 6.39. The summed E-state index contributed by atoms with van der Waals surface area (Å²) in [6.07, 6.45) is -3.34. The number of nitrogens with zero attached hydrogens (tertiary/aromatic N) is 1. The van der Waals surface area contributed by atoms with E-state index in [1.807, 2.05) is 5.43 Å². The van der Waals surface area contributed by atoms with Crippen LogP contribution in [0.25, 0.3) is 0 Å². The fourth-order valence-electron chi connectivity index (χ4n) is 2.08. The lowest BCUT2D eigenvalue weighted by molar-refractivity contribution is -0.137. The standard InChI is InChI=1S/C18H15ClF3N3O3/c1-2-28-15-7-6-13(19)8-11(15)10-23-25-17(27)16(26)24-14-5-3-4-12(9-14)18(20,21)22/h3-10H,2H2,1H3,(H,24,26)(H,25,27)/b23-10-. The first kappa shape index (κ1) is 21.2. The average Bonchev–Trinajstić information content (AvgIpc) is 2.63. The van der Waals surface area contributed by atoms with Crippen LogP contribution in [-0.2, 0) is 15.8 Å². The van der Waals surface area contributed by atoms with Gasteiger partial charge in [0.1, 0.15) is 5.75 Å². The molecule has 0 unspecified atom stereocenters. The monoisotopic (exact) mass is 413 g/mol. The molecule has 2 aromatic rings. The third-order valence-corrected chi connectivity index (χ3v) is 3.53. The van der Waals surface area contributed by atoms with E-state index < -0.39 is 23.6 Å². The highest BCUT2D eigenvalue weighted by Gasteiger charge is 2.30. The van der Waals surface area contributed by atoms with Crippen LogP contribution in [0.5, 0.6) is 5.75 Å². The molecule has 2 rings (SSSR count). The van der Waals surface area contributed by atoms with Crippen molar-refractivity contribution in [2.24, 2.45) is 5.10 Å². The molecule has 0 aliphatic rings. The van der Waals surface area contributed by atoms with Gasteiger partial charge in [-0.3, -0.25) is 9.59 Å². The number of amides is 2. The molecule has 6 nitrogen and oxygen atoms in total. The Bertz CT molecular complexity index is 901. The Hall–Kier alpha value is -3.07. The largest absolute Gasteiger partial charge is 0.493 e. The molecular formula is C18H15ClF3N3O3. The molecule has 0 radical (unpaired) electrons. The van der Waals surface area contributed by atoms with Gasteiger partial charge in [0.25, 0.3) is 0 Å². The zero-order valence-electron chi connectivity index (χ0n) is 14.5. The number of alkyl halides is 3. The van der Waals surface area contributed by atoms with Gasteiger partial charge in [-0.1, -0.05) is 17.7 Å². The number of nitrogens with one attached hydrogen (secondary N) is 2. The molecule has 0 heterocycles. The summed E-state index contributed by atoms with van der Waals surface area (Å²) in [6.45, 7) is 2.18. The van der Waals surface area contributed by atoms with Crippen molar-refractivity contribution >= 4 is 35.3 Å². The van der Waals surface area contributed by atoms with Crippen LogP contribution in [0.3, 0.4) is 0 Å². The van der Waals surface area contributed by atoms with Gasteiger partial charge in [0, 0.05) is 16.3 Å². The lowest BCUT2D eigenvalue weighted by Crippen LogP contribution is -2.32. The lowest BCUT2D eigenvalue weighted by Gasteiger charge is -2.09. The molecule has 148 valence electrons. The van der Waals surface area contributed by atoms with Crippen molar-refractivity contribution in [3.05, 3.63) is 58.6 Å². The van der Waals surface area contributed by atoms with Gasteiger partial charge in [-0.15, -0.1) is 0 Å². The van der Waals surface area contributed by atoms with Gasteiger partial charge in [-0.05, 0) is 43.3 Å². The first-order valence-electron chi connectivity index (χ1n) is 7.94. The molecular weight excluding hydrogens is 399 g/mol. The number of benzene rings is 2. The smallest absolute Gasteiger partial charge is 0.416 e. The number of carbonyl (C=O) groups excluding carboxylic acids is 2. The summed E-state index contributed by atoms with van der Waals surface area (Å²) in [7, 11) is 0. The third-order valence-electron chi connectivity index (χ3n) is 3.30. The van der Waals surface area contributed by atoms with E-state index >= 15 is 0 Å². The Balaban J connectivity index is 2.01. The summed E-state index contributed by atoms with van der Waals surface area (Å²) in [5, 5.41) is 6.13. The Morgan fingerprint density at radius 3 is 2.61 bits per heavy atom. The Morgan fingerprint density at radius 1 is 1.18 bits per heavy atom. The van der Waals surface area contributed by atoms with Gasteiger partial charge in [0.15, 0.2) is 0 Å². The van der Waals surface area contributed by atoms with Crippen LogP contribution in [0, 0.1) is 0 Å². The Labute approximate surface area is 163 Å². The number of carbonyl (C=O) groups is 2. The van der Waals surface area contributed by atoms with Crippen LogP contribution in [-0.4, -0.2) is 24.6 Å². The first-order valence-corrected chi connectivity index (χ1v) is 8.32. The molecule has 0 saturated carbocycles. The van der Waals surface area contributed by atoms with Crippen molar-refractivity contribution in [1.29, 1.82) is 0 Å². The molecule has 0 aliphatic carbocycles. The molecule has 0 aromatic heterocycles. The maximum Gasteiger partial charge on any atom is 0.416 e. The van der Waals surface area contributed by atoms with Gasteiger partial charge in [0.2, 0.25) is 0 Å². The summed E-state index contributed by atoms with van der Waals surface area (Å²) in [5.41, 5.74) is 1.32. The van der Waals surface area contributed by atoms with Crippen LogP contribution in [0.15, 0.2) is 47.6 Å². The minimum atomic E-state index is -4.57. The summed E-state index contributed by atoms with van der Waals surface area (Å²) in [4.78, 5) is 23.6. The predicted octanol–water partition coefficient (Wildman–Crippen LogP) is 3.85. The van der Waals surface area contributed by atoms with Gasteiger partial charge in [0.05, 0.1) is 18.4 Å². The number of hydrazone groups is 1. The number of halogens is 4. The van der Waals surface area contributed by atoms with Gasteiger partial charge in [-0.2, -0.15) is 18.3 Å². The van der Waals surface area contributed by atoms with Crippen molar-refractivity contribution < 1.29 is 27.5 Å². The third kappa shape index (κ3) is 5.98. The second kappa shape index (κ2) is 9.23. The number of rotatable bonds is 5. The SMILES string of the molecule is CCOc1ccc(Cl)cc1/C=N\NC(=O)C(=O)Nc1cccc(C(F)(F)F)c1. The molecule has 0 aliphatic heterocycles. The van der Waals surface area contributed by atoms with E-state index in [-0.39, 0.29) is 5.69 Å². The van der Waals surface area contributed by atoms with Gasteiger partial charge in [-0.25, -0.2) is 5.43 Å². The lowest BCUT2D eigenvalue weighted by atomic mass is 10.2. The quantitative estimate of drug-likeness (QED) is 0.444. The van der Waals surface area contributed by atoms with E-state index in [0.29, 0.717) is 22.9 Å². The van der Waals surface area contributed by atoms with E-state index in [1.54, 1.807) is 25.1 Å². The maximum absolute atomic E-state index is 12.7. The second-order valence-corrected chi connectivity index (χ2v) is 5.78. The van der Waals surface area contributed by atoms with E-state index in [4.69, 9.17) is 16.3 Å². The normalized spacial score (nSPS) is 11.3. The van der Waals surface area contributed by atoms with Crippen LogP contribution >= 0.6 is 11.6 Å². The van der Waals surface area contributed by atoms with Crippen molar-refractivity contribution in [2.45, 2.75) is 13.1 Å². The van der Waals surface area contributed by atoms with Gasteiger partial charge >= 0.3 is 18.0 Å². The minimum Gasteiger partial charge on any atom is -0.493 e. The van der Waals surface area contributed by atoms with E-state index in [1.165, 1.54) is 12.3 Å². The number of anilines is 1. The van der Waals surface area contributed by atoms with E-state index in [2.05, 4.69) is 10.4 Å². The topological polar surface area (TPSA) is 79.8 Å². The molecule has 28 heavy (non-hydrogen) atoms. The summed E-state index contributed by atoms with van der Waals surface area (Å²) in [5.74, 6) is -1.86. The molecule has 0 atom stereocenters. The van der Waals surface area contributed by atoms with Crippen molar-refractivity contribution in [3.8, 4) is 5.75 Å². The molecule has 0 saturated heterocycles. The second-order valence-electron chi connectivity index (χ2n) is 5.35. The number of hydrogen-bond donors (Lipinski definition) is 2. The zero-order valence-corrected chi connectivity index (χ0v) is 15.3. The highest BCUT2D eigenvalue weighted by Crippen LogP contribution is 2.30. The van der Waals surface area contributed by atoms with E-state index in [0.717, 1.165) is 18.2 Å². The molecule has 2 aromatic carbocycles. The Kier molecular flexibility index (Phi) is 7.00. The molecule has 0 spiro atoms. The number of hydrogen-bond acceptors (Lipinski definition) is 4. The first-order chi connectivity index (χ1) is 13.2. The van der Waals surface area contributed by atoms with E-state index in [9.17, 15) is 22.8 Å². The fourth-order valence-corrected chi connectivity index (χ4v) is 2.26. The minimum absolute atomic E-state index is 0.174. The number of ether oxygens (including phenoxy) is 1. The van der Waals surface area contributed by atoms with Crippen LogP contribution in [0.2, 0.25) is 5.02 Å². The maximum atomic E-state index is 12.7. The van der Waals surface area contributed by atoms with Crippen molar-refractivity contribution in [1.82, 2.24) is 5.43 Å². The average molecular weight is 414 g/mol. The Morgan fingerprint density at radius 2 is 1.93 bits per heavy atom. The van der Waals surface area contributed by atoms with Crippen molar-refractivity contribution in [2.75, 3.05) is 11.9 Å². The van der Waals surface area contributed by atoms with Crippen LogP contribution < -0.4 is 15.5 Å². The molecule has 10 heteroatoms.